The fourth-order valence-electron chi connectivity index (χ4n) is 12.1. The molecule has 0 fully saturated rings. The van der Waals surface area contributed by atoms with Gasteiger partial charge in [-0.2, -0.15) is 0 Å². The Morgan fingerprint density at radius 2 is 0.653 bits per heavy atom. The van der Waals surface area contributed by atoms with Crippen molar-refractivity contribution < 1.29 is 0 Å². The first-order valence-corrected chi connectivity index (χ1v) is 25.6. The predicted octanol–water partition coefficient (Wildman–Crippen LogP) is 20.1. The smallest absolute Gasteiger partial charge is 0.0619 e. The van der Waals surface area contributed by atoms with E-state index in [-0.39, 0.29) is 0 Å². The van der Waals surface area contributed by atoms with Crippen LogP contribution in [0, 0.1) is 0 Å². The summed E-state index contributed by atoms with van der Waals surface area (Å²) >= 11 is 1.90. The molecule has 2 aromatic heterocycles. The van der Waals surface area contributed by atoms with E-state index in [9.17, 15) is 0 Å². The van der Waals surface area contributed by atoms with Gasteiger partial charge in [-0.25, -0.2) is 0 Å². The van der Waals surface area contributed by atoms with Gasteiger partial charge in [-0.1, -0.05) is 224 Å². The third kappa shape index (κ3) is 6.19. The van der Waals surface area contributed by atoms with Crippen LogP contribution in [0.2, 0.25) is 0 Å². The van der Waals surface area contributed by atoms with Gasteiger partial charge in [0.25, 0.3) is 0 Å². The molecule has 0 spiro atoms. The summed E-state index contributed by atoms with van der Waals surface area (Å²) in [4.78, 5) is 0. The maximum Gasteiger partial charge on any atom is 0.0619 e. The van der Waals surface area contributed by atoms with Crippen LogP contribution in [-0.2, 0) is 0 Å². The standard InChI is InChI=1S/C70H43NS/c1-4-19-44(20-5-1)47-36-39-62-60(41-47)61-42-48(45-21-6-2-7-22-45)37-40-63(61)71(62)70-56-31-16-14-29-54(56)68(55-30-15-17-32-57(55)70)59-33-18-34-64-69(59)58-38-35-49(43-65(58)72-64)67-52-27-12-10-25-50(52)66(46-23-8-3-9-24-46)51-26-11-13-28-53(51)67/h1-43H. The number of hydrogen-bond acceptors (Lipinski definition) is 1. The largest absolute Gasteiger partial charge is 0.308 e. The van der Waals surface area contributed by atoms with Gasteiger partial charge in [0.1, 0.15) is 0 Å². The van der Waals surface area contributed by atoms with Crippen LogP contribution in [-0.4, -0.2) is 4.57 Å². The van der Waals surface area contributed by atoms with Crippen molar-refractivity contribution in [2.24, 2.45) is 0 Å². The molecule has 0 aliphatic rings. The topological polar surface area (TPSA) is 4.93 Å². The van der Waals surface area contributed by atoms with Crippen LogP contribution >= 0.6 is 11.3 Å². The summed E-state index contributed by atoms with van der Waals surface area (Å²) in [7, 11) is 0. The van der Waals surface area contributed by atoms with Crippen molar-refractivity contribution in [1.82, 2.24) is 4.57 Å². The molecule has 0 radical (unpaired) electrons. The van der Waals surface area contributed by atoms with Gasteiger partial charge in [-0.05, 0) is 124 Å². The molecule has 0 bridgehead atoms. The second-order valence-corrected chi connectivity index (χ2v) is 20.1. The van der Waals surface area contributed by atoms with E-state index in [1.54, 1.807) is 0 Å². The number of thiophene rings is 1. The summed E-state index contributed by atoms with van der Waals surface area (Å²) in [5, 5.41) is 15.1. The molecule has 0 N–H and O–H groups in total. The van der Waals surface area contributed by atoms with Gasteiger partial charge in [-0.15, -0.1) is 11.3 Å². The van der Waals surface area contributed by atoms with E-state index in [0.29, 0.717) is 0 Å². The maximum atomic E-state index is 2.55. The van der Waals surface area contributed by atoms with Crippen molar-refractivity contribution in [1.29, 1.82) is 0 Å². The van der Waals surface area contributed by atoms with E-state index in [1.165, 1.54) is 146 Å². The maximum absolute atomic E-state index is 2.55. The molecule has 15 aromatic rings. The van der Waals surface area contributed by atoms with Gasteiger partial charge in [0.05, 0.1) is 16.7 Å². The number of hydrogen-bond donors (Lipinski definition) is 0. The summed E-state index contributed by atoms with van der Waals surface area (Å²) in [5.41, 5.74) is 16.0. The lowest BCUT2D eigenvalue weighted by molar-refractivity contribution is 1.21. The van der Waals surface area contributed by atoms with Crippen LogP contribution in [0.15, 0.2) is 261 Å². The Bertz CT molecular complexity index is 4450. The van der Waals surface area contributed by atoms with E-state index in [1.807, 2.05) is 11.3 Å². The minimum atomic E-state index is 1.19. The number of nitrogens with zero attached hydrogens (tertiary/aromatic N) is 1. The molecule has 0 aliphatic heterocycles. The van der Waals surface area contributed by atoms with E-state index in [2.05, 4.69) is 265 Å². The van der Waals surface area contributed by atoms with Crippen molar-refractivity contribution in [2.45, 2.75) is 0 Å². The van der Waals surface area contributed by atoms with E-state index in [4.69, 9.17) is 0 Å². The lowest BCUT2D eigenvalue weighted by Gasteiger charge is -2.20. The summed E-state index contributed by atoms with van der Waals surface area (Å²) in [6.07, 6.45) is 0. The summed E-state index contributed by atoms with van der Waals surface area (Å²) in [5.74, 6) is 0. The number of aromatic nitrogens is 1. The van der Waals surface area contributed by atoms with Crippen molar-refractivity contribution in [3.05, 3.63) is 261 Å². The highest BCUT2D eigenvalue weighted by Gasteiger charge is 2.24. The first-order valence-electron chi connectivity index (χ1n) is 24.8. The molecule has 0 saturated heterocycles. The normalized spacial score (nSPS) is 11.9. The highest BCUT2D eigenvalue weighted by molar-refractivity contribution is 7.26. The molecule has 1 nitrogen and oxygen atoms in total. The third-order valence-corrected chi connectivity index (χ3v) is 16.3. The Kier molecular flexibility index (Phi) is 9.20. The van der Waals surface area contributed by atoms with E-state index >= 15 is 0 Å². The van der Waals surface area contributed by atoms with Crippen LogP contribution in [0.5, 0.6) is 0 Å². The Morgan fingerprint density at radius 3 is 1.15 bits per heavy atom. The summed E-state index contributed by atoms with van der Waals surface area (Å²) in [6.45, 7) is 0. The molecule has 334 valence electrons. The molecule has 0 aliphatic carbocycles. The molecule has 0 amide bonds. The van der Waals surface area contributed by atoms with E-state index < -0.39 is 0 Å². The minimum Gasteiger partial charge on any atom is -0.308 e. The monoisotopic (exact) mass is 929 g/mol. The van der Waals surface area contributed by atoms with Crippen LogP contribution in [0.3, 0.4) is 0 Å². The van der Waals surface area contributed by atoms with Crippen LogP contribution < -0.4 is 0 Å². The van der Waals surface area contributed by atoms with Crippen molar-refractivity contribution in [2.75, 3.05) is 0 Å². The molecular formula is C70H43NS. The molecule has 2 heterocycles. The van der Waals surface area contributed by atoms with Crippen LogP contribution in [0.1, 0.15) is 0 Å². The highest BCUT2D eigenvalue weighted by Crippen LogP contribution is 2.50. The first kappa shape index (κ1) is 40.8. The van der Waals surface area contributed by atoms with Crippen LogP contribution in [0.4, 0.5) is 0 Å². The summed E-state index contributed by atoms with van der Waals surface area (Å²) < 4.78 is 5.12. The van der Waals surface area contributed by atoms with Gasteiger partial charge in [0, 0.05) is 41.7 Å². The van der Waals surface area contributed by atoms with E-state index in [0.717, 1.165) is 0 Å². The van der Waals surface area contributed by atoms with Crippen LogP contribution in [0.25, 0.3) is 146 Å². The van der Waals surface area contributed by atoms with Crippen molar-refractivity contribution in [3.63, 3.8) is 0 Å². The lowest BCUT2D eigenvalue weighted by atomic mass is 9.85. The average Bonchev–Trinajstić information content (AvgIpc) is 3.99. The molecule has 0 unspecified atom stereocenters. The third-order valence-electron chi connectivity index (χ3n) is 15.2. The van der Waals surface area contributed by atoms with Gasteiger partial charge >= 0.3 is 0 Å². The molecular weight excluding hydrogens is 887 g/mol. The predicted molar refractivity (Wildman–Crippen MR) is 311 cm³/mol. The average molecular weight is 930 g/mol. The molecule has 72 heavy (non-hydrogen) atoms. The molecule has 2 heteroatoms. The van der Waals surface area contributed by atoms with Gasteiger partial charge in [0.2, 0.25) is 0 Å². The SMILES string of the molecule is c1ccc(-c2ccc3c(c2)c2cc(-c4ccccc4)ccc2n3-c2c3ccccc3c(-c3cccc4sc5cc(-c6c7ccccc7c(-c7ccccc7)c7ccccc67)ccc5c34)c3ccccc23)cc1. The van der Waals surface area contributed by atoms with Gasteiger partial charge in [-0.3, -0.25) is 0 Å². The second kappa shape index (κ2) is 16.2. The zero-order valence-electron chi connectivity index (χ0n) is 39.2. The van der Waals surface area contributed by atoms with Crippen molar-refractivity contribution >= 4 is 96.4 Å². The fourth-order valence-corrected chi connectivity index (χ4v) is 13.2. The summed E-state index contributed by atoms with van der Waals surface area (Å²) in [6, 6.07) is 96.7. The minimum absolute atomic E-state index is 1.19. The Labute approximate surface area is 420 Å². The molecule has 13 aromatic carbocycles. The number of fused-ring (bicyclic) bond motifs is 10. The Balaban J connectivity index is 0.965. The first-order chi connectivity index (χ1) is 35.7. The van der Waals surface area contributed by atoms with Crippen molar-refractivity contribution in [3.8, 4) is 61.3 Å². The molecule has 0 atom stereocenters. The number of rotatable bonds is 6. The fraction of sp³-hybridized carbons (Fsp3) is 0. The zero-order chi connectivity index (χ0) is 47.3. The van der Waals surface area contributed by atoms with Gasteiger partial charge in [0.15, 0.2) is 0 Å². The zero-order valence-corrected chi connectivity index (χ0v) is 40.0. The molecule has 0 saturated carbocycles. The quantitative estimate of drug-likeness (QED) is 0.146. The van der Waals surface area contributed by atoms with Gasteiger partial charge < -0.3 is 4.57 Å². The second-order valence-electron chi connectivity index (χ2n) is 19.0. The number of benzene rings is 13. The molecule has 15 rings (SSSR count). The Morgan fingerprint density at radius 1 is 0.236 bits per heavy atom. The highest BCUT2D eigenvalue weighted by atomic mass is 32.1. The lowest BCUT2D eigenvalue weighted by Crippen LogP contribution is -1.99. The Hall–Kier alpha value is -9.08.